The molecule has 1 fully saturated rings. The Labute approximate surface area is 85.7 Å². The van der Waals surface area contributed by atoms with Gasteiger partial charge >= 0.3 is 0 Å². The zero-order valence-corrected chi connectivity index (χ0v) is 8.50. The Kier molecular flexibility index (Phi) is 3.55. The van der Waals surface area contributed by atoms with Crippen LogP contribution in [0.4, 0.5) is 0 Å². The summed E-state index contributed by atoms with van der Waals surface area (Å²) in [6, 6.07) is 11.2. The van der Waals surface area contributed by atoms with Gasteiger partial charge in [-0.25, -0.2) is 0 Å². The summed E-state index contributed by atoms with van der Waals surface area (Å²) in [5.74, 6) is 0. The Hall–Kier alpha value is -0.860. The van der Waals surface area contributed by atoms with Crippen LogP contribution in [0, 0.1) is 0 Å². The van der Waals surface area contributed by atoms with Crippen molar-refractivity contribution in [1.29, 1.82) is 0 Å². The maximum atomic E-state index is 3.58. The van der Waals surface area contributed by atoms with Crippen molar-refractivity contribution in [2.24, 2.45) is 0 Å². The molecule has 1 saturated heterocycles. The predicted molar refractivity (Wildman–Crippen MR) is 59.2 cm³/mol. The van der Waals surface area contributed by atoms with E-state index >= 15 is 0 Å². The lowest BCUT2D eigenvalue weighted by Gasteiger charge is -2.23. The van der Waals surface area contributed by atoms with Crippen LogP contribution in [0.1, 0.15) is 18.4 Å². The fraction of sp³-hybridized carbons (Fsp3) is 0.500. The highest BCUT2D eigenvalue weighted by atomic mass is 15.0. The van der Waals surface area contributed by atoms with Crippen LogP contribution in [0.15, 0.2) is 30.3 Å². The molecule has 0 unspecified atom stereocenters. The van der Waals surface area contributed by atoms with E-state index in [4.69, 9.17) is 0 Å². The van der Waals surface area contributed by atoms with Gasteiger partial charge < -0.3 is 10.6 Å². The lowest BCUT2D eigenvalue weighted by atomic mass is 10.1. The summed E-state index contributed by atoms with van der Waals surface area (Å²) in [5, 5.41) is 6.98. The van der Waals surface area contributed by atoms with Crippen molar-refractivity contribution in [3.8, 4) is 0 Å². The summed E-state index contributed by atoms with van der Waals surface area (Å²) in [5.41, 5.74) is 1.37. The maximum Gasteiger partial charge on any atom is 0.0208 e. The highest BCUT2D eigenvalue weighted by molar-refractivity contribution is 5.14. The van der Waals surface area contributed by atoms with E-state index in [0.29, 0.717) is 6.04 Å². The van der Waals surface area contributed by atoms with Crippen molar-refractivity contribution in [1.82, 2.24) is 10.6 Å². The van der Waals surface area contributed by atoms with Crippen LogP contribution in [0.25, 0.3) is 0 Å². The lowest BCUT2D eigenvalue weighted by Crippen LogP contribution is -2.42. The van der Waals surface area contributed by atoms with Gasteiger partial charge in [-0.3, -0.25) is 0 Å². The van der Waals surface area contributed by atoms with E-state index < -0.39 is 0 Å². The number of hydrogen-bond donors (Lipinski definition) is 2. The summed E-state index contributed by atoms with van der Waals surface area (Å²) >= 11 is 0. The van der Waals surface area contributed by atoms with Crippen molar-refractivity contribution < 1.29 is 0 Å². The topological polar surface area (TPSA) is 24.1 Å². The van der Waals surface area contributed by atoms with Crippen LogP contribution in [0.3, 0.4) is 0 Å². The highest BCUT2D eigenvalue weighted by Gasteiger charge is 2.11. The Balaban J connectivity index is 1.76. The minimum atomic E-state index is 0.656. The molecule has 1 atom stereocenters. The minimum Gasteiger partial charge on any atom is -0.315 e. The van der Waals surface area contributed by atoms with Crippen LogP contribution in [0.5, 0.6) is 0 Å². The first-order valence-electron chi connectivity index (χ1n) is 5.43. The third-order valence-corrected chi connectivity index (χ3v) is 2.73. The zero-order valence-electron chi connectivity index (χ0n) is 8.50. The second-order valence-corrected chi connectivity index (χ2v) is 3.91. The molecule has 76 valence electrons. The van der Waals surface area contributed by atoms with Gasteiger partial charge in [0.05, 0.1) is 0 Å². The molecule has 0 spiro atoms. The van der Waals surface area contributed by atoms with E-state index in [-0.39, 0.29) is 0 Å². The van der Waals surface area contributed by atoms with Crippen molar-refractivity contribution in [3.05, 3.63) is 35.9 Å². The van der Waals surface area contributed by atoms with Gasteiger partial charge in [-0.05, 0) is 24.9 Å². The fourth-order valence-electron chi connectivity index (χ4n) is 1.88. The first-order chi connectivity index (χ1) is 6.95. The highest BCUT2D eigenvalue weighted by Crippen LogP contribution is 2.03. The third kappa shape index (κ3) is 2.82. The van der Waals surface area contributed by atoms with E-state index in [1.165, 1.54) is 24.9 Å². The van der Waals surface area contributed by atoms with Gasteiger partial charge in [-0.1, -0.05) is 30.3 Å². The Bertz CT molecular complexity index is 252. The molecule has 0 saturated carbocycles. The standard InChI is InChI=1S/C12H18N2/c1-2-5-11(6-3-1)9-14-12-7-4-8-13-10-12/h1-3,5-6,12-14H,4,7-10H2/t12-/m0/s1. The average molecular weight is 190 g/mol. The van der Waals surface area contributed by atoms with E-state index in [9.17, 15) is 0 Å². The van der Waals surface area contributed by atoms with Gasteiger partial charge in [-0.15, -0.1) is 0 Å². The number of benzene rings is 1. The Morgan fingerprint density at radius 1 is 1.29 bits per heavy atom. The van der Waals surface area contributed by atoms with Crippen LogP contribution in [-0.4, -0.2) is 19.1 Å². The summed E-state index contributed by atoms with van der Waals surface area (Å²) in [7, 11) is 0. The molecular weight excluding hydrogens is 172 g/mol. The molecule has 2 nitrogen and oxygen atoms in total. The molecule has 0 bridgehead atoms. The molecule has 2 N–H and O–H groups in total. The summed E-state index contributed by atoms with van der Waals surface area (Å²) in [6.07, 6.45) is 2.60. The van der Waals surface area contributed by atoms with Gasteiger partial charge in [0.2, 0.25) is 0 Å². The van der Waals surface area contributed by atoms with Crippen LogP contribution >= 0.6 is 0 Å². The number of nitrogens with one attached hydrogen (secondary N) is 2. The molecule has 1 aliphatic rings. The second kappa shape index (κ2) is 5.13. The minimum absolute atomic E-state index is 0.656. The molecule has 1 heterocycles. The van der Waals surface area contributed by atoms with Gasteiger partial charge in [0, 0.05) is 19.1 Å². The molecule has 14 heavy (non-hydrogen) atoms. The zero-order chi connectivity index (χ0) is 9.64. The average Bonchev–Trinajstić information content (AvgIpc) is 2.29. The number of hydrogen-bond acceptors (Lipinski definition) is 2. The van der Waals surface area contributed by atoms with Gasteiger partial charge in [-0.2, -0.15) is 0 Å². The molecule has 0 amide bonds. The van der Waals surface area contributed by atoms with Gasteiger partial charge in [0.15, 0.2) is 0 Å². The molecule has 0 aromatic heterocycles. The molecule has 0 aliphatic carbocycles. The van der Waals surface area contributed by atoms with E-state index in [1.54, 1.807) is 0 Å². The third-order valence-electron chi connectivity index (χ3n) is 2.73. The van der Waals surface area contributed by atoms with E-state index in [2.05, 4.69) is 41.0 Å². The Morgan fingerprint density at radius 3 is 2.86 bits per heavy atom. The fourth-order valence-corrected chi connectivity index (χ4v) is 1.88. The number of piperidine rings is 1. The smallest absolute Gasteiger partial charge is 0.0208 e. The molecule has 2 heteroatoms. The summed E-state index contributed by atoms with van der Waals surface area (Å²) in [6.45, 7) is 3.30. The molecular formula is C12H18N2. The van der Waals surface area contributed by atoms with Crippen LogP contribution in [0.2, 0.25) is 0 Å². The summed E-state index contributed by atoms with van der Waals surface area (Å²) < 4.78 is 0. The first-order valence-corrected chi connectivity index (χ1v) is 5.43. The SMILES string of the molecule is c1ccc(CN[C@H]2CCCNC2)cc1. The van der Waals surface area contributed by atoms with Crippen molar-refractivity contribution >= 4 is 0 Å². The second-order valence-electron chi connectivity index (χ2n) is 3.91. The lowest BCUT2D eigenvalue weighted by molar-refractivity contribution is 0.389. The monoisotopic (exact) mass is 190 g/mol. The predicted octanol–water partition coefficient (Wildman–Crippen LogP) is 1.53. The van der Waals surface area contributed by atoms with Gasteiger partial charge in [0.25, 0.3) is 0 Å². The molecule has 1 aromatic rings. The quantitative estimate of drug-likeness (QED) is 0.755. The first kappa shape index (κ1) is 9.69. The molecule has 1 aromatic carbocycles. The normalized spacial score (nSPS) is 22.1. The van der Waals surface area contributed by atoms with Crippen molar-refractivity contribution in [2.45, 2.75) is 25.4 Å². The van der Waals surface area contributed by atoms with E-state index in [0.717, 1.165) is 13.1 Å². The summed E-state index contributed by atoms with van der Waals surface area (Å²) in [4.78, 5) is 0. The van der Waals surface area contributed by atoms with Crippen LogP contribution in [-0.2, 0) is 6.54 Å². The molecule has 2 rings (SSSR count). The van der Waals surface area contributed by atoms with Crippen molar-refractivity contribution in [2.75, 3.05) is 13.1 Å². The molecule has 1 aliphatic heterocycles. The largest absolute Gasteiger partial charge is 0.315 e. The molecule has 0 radical (unpaired) electrons. The van der Waals surface area contributed by atoms with Crippen molar-refractivity contribution in [3.63, 3.8) is 0 Å². The maximum absolute atomic E-state index is 3.58. The Morgan fingerprint density at radius 2 is 2.14 bits per heavy atom. The van der Waals surface area contributed by atoms with Gasteiger partial charge in [0.1, 0.15) is 0 Å². The van der Waals surface area contributed by atoms with E-state index in [1.807, 2.05) is 0 Å². The van der Waals surface area contributed by atoms with Crippen LogP contribution < -0.4 is 10.6 Å². The number of rotatable bonds is 3.